The van der Waals surface area contributed by atoms with Crippen molar-refractivity contribution >= 4 is 17.8 Å². The number of carbonyl (C=O) groups is 3. The number of hydrogen-bond donors (Lipinski definition) is 4. The minimum atomic E-state index is -1.17. The van der Waals surface area contributed by atoms with Gasteiger partial charge >= 0.3 is 5.97 Å². The molecule has 1 heterocycles. The van der Waals surface area contributed by atoms with Crippen molar-refractivity contribution < 1.29 is 24.2 Å². The zero-order valence-corrected chi connectivity index (χ0v) is 13.0. The maximum atomic E-state index is 12.1. The maximum Gasteiger partial charge on any atom is 0.336 e. The van der Waals surface area contributed by atoms with Crippen LogP contribution in [0.1, 0.15) is 33.1 Å². The van der Waals surface area contributed by atoms with E-state index in [1.165, 1.54) is 0 Å². The summed E-state index contributed by atoms with van der Waals surface area (Å²) in [7, 11) is 0. The highest BCUT2D eigenvalue weighted by Gasteiger charge is 2.51. The first-order valence-electron chi connectivity index (χ1n) is 7.53. The molecule has 1 aliphatic rings. The van der Waals surface area contributed by atoms with Crippen molar-refractivity contribution in [2.24, 2.45) is 11.7 Å². The molecule has 2 amide bonds. The van der Waals surface area contributed by atoms with Gasteiger partial charge in [0.25, 0.3) is 5.91 Å². The minimum Gasteiger partial charge on any atom is -0.479 e. The van der Waals surface area contributed by atoms with Crippen LogP contribution in [-0.4, -0.2) is 54.2 Å². The number of carboxylic acids is 1. The molecule has 3 atom stereocenters. The van der Waals surface area contributed by atoms with Crippen molar-refractivity contribution in [1.82, 2.24) is 10.6 Å². The number of rotatable bonds is 10. The van der Waals surface area contributed by atoms with Gasteiger partial charge in [0.2, 0.25) is 5.91 Å². The first-order chi connectivity index (χ1) is 10.4. The molecule has 0 radical (unpaired) electrons. The van der Waals surface area contributed by atoms with Crippen LogP contribution in [0.5, 0.6) is 0 Å². The van der Waals surface area contributed by atoms with Crippen LogP contribution in [0.2, 0.25) is 0 Å². The standard InChI is InChI=1S/C14H25N3O5/c1-8(2)7-9(12(18)16-6-4-3-5-15)17-13(19)10-11(22-10)14(20)21/h8-11H,3-7,15H2,1-2H3,(H,16,18)(H,17,19)(H,20,21). The second kappa shape index (κ2) is 8.70. The summed E-state index contributed by atoms with van der Waals surface area (Å²) < 4.78 is 4.78. The SMILES string of the molecule is CC(C)CC(NC(=O)C1OC1C(=O)O)C(=O)NCCCCN. The van der Waals surface area contributed by atoms with E-state index in [4.69, 9.17) is 15.6 Å². The molecule has 0 aromatic heterocycles. The predicted molar refractivity (Wildman–Crippen MR) is 79.0 cm³/mol. The average molecular weight is 315 g/mol. The Labute approximate surface area is 129 Å². The van der Waals surface area contributed by atoms with Gasteiger partial charge in [-0.3, -0.25) is 9.59 Å². The van der Waals surface area contributed by atoms with Crippen LogP contribution < -0.4 is 16.4 Å². The summed E-state index contributed by atoms with van der Waals surface area (Å²) in [5, 5.41) is 14.1. The topological polar surface area (TPSA) is 134 Å². The Morgan fingerprint density at radius 1 is 1.23 bits per heavy atom. The summed E-state index contributed by atoms with van der Waals surface area (Å²) in [6, 6.07) is -0.691. The van der Waals surface area contributed by atoms with Crippen LogP contribution in [-0.2, 0) is 19.1 Å². The second-order valence-electron chi connectivity index (χ2n) is 5.79. The highest BCUT2D eigenvalue weighted by Crippen LogP contribution is 2.22. The number of aliphatic carboxylic acids is 1. The van der Waals surface area contributed by atoms with Crippen LogP contribution in [0, 0.1) is 5.92 Å². The summed E-state index contributed by atoms with van der Waals surface area (Å²) in [6.07, 6.45) is -0.0434. The van der Waals surface area contributed by atoms with E-state index in [0.717, 1.165) is 12.8 Å². The third-order valence-electron chi connectivity index (χ3n) is 3.26. The number of carbonyl (C=O) groups excluding carboxylic acids is 2. The van der Waals surface area contributed by atoms with E-state index in [-0.39, 0.29) is 11.8 Å². The van der Waals surface area contributed by atoms with E-state index in [1.54, 1.807) is 0 Å². The first-order valence-corrected chi connectivity index (χ1v) is 7.53. The zero-order chi connectivity index (χ0) is 16.7. The van der Waals surface area contributed by atoms with Gasteiger partial charge in [-0.25, -0.2) is 4.79 Å². The highest BCUT2D eigenvalue weighted by atomic mass is 16.6. The van der Waals surface area contributed by atoms with Crippen LogP contribution in [0.4, 0.5) is 0 Å². The van der Waals surface area contributed by atoms with Gasteiger partial charge in [0.05, 0.1) is 0 Å². The maximum absolute atomic E-state index is 12.1. The summed E-state index contributed by atoms with van der Waals surface area (Å²) >= 11 is 0. The first kappa shape index (κ1) is 18.4. The average Bonchev–Trinajstić information content (AvgIpc) is 3.22. The van der Waals surface area contributed by atoms with Crippen molar-refractivity contribution in [3.63, 3.8) is 0 Å². The predicted octanol–water partition coefficient (Wildman–Crippen LogP) is -0.776. The van der Waals surface area contributed by atoms with Crippen molar-refractivity contribution in [3.05, 3.63) is 0 Å². The fraction of sp³-hybridized carbons (Fsp3) is 0.786. The lowest BCUT2D eigenvalue weighted by Crippen LogP contribution is -2.49. The summed E-state index contributed by atoms with van der Waals surface area (Å²) in [6.45, 7) is 4.94. The molecule has 8 heteroatoms. The van der Waals surface area contributed by atoms with E-state index in [2.05, 4.69) is 10.6 Å². The van der Waals surface area contributed by atoms with E-state index >= 15 is 0 Å². The quantitative estimate of drug-likeness (QED) is 0.309. The molecule has 1 fully saturated rings. The Hall–Kier alpha value is -1.67. The zero-order valence-electron chi connectivity index (χ0n) is 13.0. The van der Waals surface area contributed by atoms with Crippen molar-refractivity contribution in [3.8, 4) is 0 Å². The molecular formula is C14H25N3O5. The molecule has 3 unspecified atom stereocenters. The number of nitrogens with one attached hydrogen (secondary N) is 2. The smallest absolute Gasteiger partial charge is 0.336 e. The number of nitrogens with two attached hydrogens (primary N) is 1. The lowest BCUT2D eigenvalue weighted by Gasteiger charge is -2.19. The van der Waals surface area contributed by atoms with Crippen LogP contribution in [0.15, 0.2) is 0 Å². The van der Waals surface area contributed by atoms with Gasteiger partial charge in [-0.2, -0.15) is 0 Å². The number of unbranched alkanes of at least 4 members (excludes halogenated alkanes) is 1. The normalized spacial score (nSPS) is 21.3. The van der Waals surface area contributed by atoms with Gasteiger partial charge in [-0.15, -0.1) is 0 Å². The minimum absolute atomic E-state index is 0.204. The van der Waals surface area contributed by atoms with Crippen LogP contribution in [0.25, 0.3) is 0 Å². The molecule has 8 nitrogen and oxygen atoms in total. The summed E-state index contributed by atoms with van der Waals surface area (Å²) in [5.41, 5.74) is 5.38. The molecule has 0 aromatic rings. The highest BCUT2D eigenvalue weighted by molar-refractivity contribution is 5.95. The second-order valence-corrected chi connectivity index (χ2v) is 5.79. The van der Waals surface area contributed by atoms with E-state index in [1.807, 2.05) is 13.8 Å². The van der Waals surface area contributed by atoms with Crippen molar-refractivity contribution in [2.75, 3.05) is 13.1 Å². The molecule has 1 rings (SSSR count). The number of carboxylic acid groups (broad SMARTS) is 1. The molecular weight excluding hydrogens is 290 g/mol. The van der Waals surface area contributed by atoms with E-state index in [0.29, 0.717) is 19.5 Å². The fourth-order valence-electron chi connectivity index (χ4n) is 2.06. The molecule has 0 bridgehead atoms. The molecule has 1 saturated heterocycles. The van der Waals surface area contributed by atoms with Gasteiger partial charge < -0.3 is 26.2 Å². The molecule has 126 valence electrons. The Morgan fingerprint density at radius 3 is 2.41 bits per heavy atom. The van der Waals surface area contributed by atoms with Crippen LogP contribution >= 0.6 is 0 Å². The monoisotopic (exact) mass is 315 g/mol. The number of ether oxygens (including phenoxy) is 1. The van der Waals surface area contributed by atoms with Crippen molar-refractivity contribution in [1.29, 1.82) is 0 Å². The molecule has 22 heavy (non-hydrogen) atoms. The molecule has 5 N–H and O–H groups in total. The molecule has 0 saturated carbocycles. The Kier molecular flexibility index (Phi) is 7.26. The molecule has 0 aliphatic carbocycles. The Balaban J connectivity index is 2.48. The summed E-state index contributed by atoms with van der Waals surface area (Å²) in [4.78, 5) is 34.7. The number of hydrogen-bond acceptors (Lipinski definition) is 5. The molecule has 0 aromatic carbocycles. The lowest BCUT2D eigenvalue weighted by molar-refractivity contribution is -0.138. The largest absolute Gasteiger partial charge is 0.479 e. The third-order valence-corrected chi connectivity index (χ3v) is 3.26. The lowest BCUT2D eigenvalue weighted by atomic mass is 10.0. The molecule has 0 spiro atoms. The van der Waals surface area contributed by atoms with Crippen molar-refractivity contribution in [2.45, 2.75) is 51.4 Å². The van der Waals surface area contributed by atoms with Gasteiger partial charge in [-0.1, -0.05) is 13.8 Å². The van der Waals surface area contributed by atoms with Gasteiger partial charge in [-0.05, 0) is 31.7 Å². The Morgan fingerprint density at radius 2 is 1.91 bits per heavy atom. The molecule has 1 aliphatic heterocycles. The van der Waals surface area contributed by atoms with Gasteiger partial charge in [0, 0.05) is 6.54 Å². The number of amides is 2. The fourth-order valence-corrected chi connectivity index (χ4v) is 2.06. The van der Waals surface area contributed by atoms with E-state index in [9.17, 15) is 14.4 Å². The summed E-state index contributed by atoms with van der Waals surface area (Å²) in [5.74, 6) is -1.80. The van der Waals surface area contributed by atoms with Gasteiger partial charge in [0.15, 0.2) is 12.2 Å². The number of epoxide rings is 1. The Bertz CT molecular complexity index is 413. The van der Waals surface area contributed by atoms with E-state index < -0.39 is 30.1 Å². The third kappa shape index (κ3) is 5.98. The van der Waals surface area contributed by atoms with Crippen LogP contribution in [0.3, 0.4) is 0 Å². The van der Waals surface area contributed by atoms with Gasteiger partial charge in [0.1, 0.15) is 6.04 Å².